The molecule has 0 saturated heterocycles. The zero-order valence-corrected chi connectivity index (χ0v) is 13.9. The number of nitrogens with one attached hydrogen (secondary N) is 1. The van der Waals surface area contributed by atoms with Crippen LogP contribution >= 0.6 is 11.8 Å². The lowest BCUT2D eigenvalue weighted by molar-refractivity contribution is 0.547. The van der Waals surface area contributed by atoms with Crippen molar-refractivity contribution in [3.63, 3.8) is 0 Å². The first kappa shape index (κ1) is 16.0. The summed E-state index contributed by atoms with van der Waals surface area (Å²) in [5, 5.41) is 4.78. The minimum Gasteiger partial charge on any atom is -0.309 e. The van der Waals surface area contributed by atoms with E-state index >= 15 is 0 Å². The van der Waals surface area contributed by atoms with Crippen LogP contribution in [0.15, 0.2) is 41.7 Å². The van der Waals surface area contributed by atoms with Crippen LogP contribution in [0.4, 0.5) is 0 Å². The minimum atomic E-state index is 0.296. The largest absolute Gasteiger partial charge is 0.309 e. The van der Waals surface area contributed by atoms with Gasteiger partial charge in [0, 0.05) is 23.2 Å². The summed E-state index contributed by atoms with van der Waals surface area (Å²) in [6, 6.07) is 11.0. The second kappa shape index (κ2) is 7.57. The van der Waals surface area contributed by atoms with Crippen molar-refractivity contribution in [2.24, 2.45) is 0 Å². The Bertz CT molecular complexity index is 569. The van der Waals surface area contributed by atoms with Gasteiger partial charge in [0.1, 0.15) is 0 Å². The maximum absolute atomic E-state index is 4.49. The van der Waals surface area contributed by atoms with Crippen LogP contribution in [0, 0.1) is 13.8 Å². The molecule has 112 valence electrons. The first-order valence-electron chi connectivity index (χ1n) is 7.36. The fourth-order valence-electron chi connectivity index (χ4n) is 2.27. The summed E-state index contributed by atoms with van der Waals surface area (Å²) < 4.78 is 0. The molecular weight excluding hydrogens is 278 g/mol. The summed E-state index contributed by atoms with van der Waals surface area (Å²) in [6.45, 7) is 9.42. The number of rotatable bonds is 6. The van der Waals surface area contributed by atoms with Gasteiger partial charge in [-0.3, -0.25) is 0 Å². The molecule has 0 aliphatic heterocycles. The third-order valence-corrected chi connectivity index (χ3v) is 4.45. The van der Waals surface area contributed by atoms with Crippen molar-refractivity contribution in [2.45, 2.75) is 44.1 Å². The summed E-state index contributed by atoms with van der Waals surface area (Å²) in [5.74, 6) is 0. The maximum atomic E-state index is 4.49. The molecule has 2 aromatic rings. The van der Waals surface area contributed by atoms with Crippen LogP contribution in [0.25, 0.3) is 0 Å². The van der Waals surface area contributed by atoms with Crippen molar-refractivity contribution < 1.29 is 0 Å². The van der Waals surface area contributed by atoms with Gasteiger partial charge in [0.05, 0.1) is 0 Å². The molecule has 0 radical (unpaired) electrons. The van der Waals surface area contributed by atoms with Crippen LogP contribution in [0.1, 0.15) is 36.7 Å². The smallest absolute Gasteiger partial charge is 0.188 e. The third kappa shape index (κ3) is 4.55. The van der Waals surface area contributed by atoms with Crippen molar-refractivity contribution in [1.82, 2.24) is 15.3 Å². The van der Waals surface area contributed by atoms with Gasteiger partial charge < -0.3 is 5.32 Å². The highest BCUT2D eigenvalue weighted by atomic mass is 32.2. The minimum absolute atomic E-state index is 0.296. The Morgan fingerprint density at radius 1 is 1.14 bits per heavy atom. The molecule has 2 unspecified atom stereocenters. The number of aryl methyl sites for hydroxylation is 2. The second-order valence-electron chi connectivity index (χ2n) is 5.25. The predicted molar refractivity (Wildman–Crippen MR) is 89.7 cm³/mol. The van der Waals surface area contributed by atoms with Crippen LogP contribution in [-0.4, -0.2) is 21.8 Å². The Kier molecular flexibility index (Phi) is 5.76. The zero-order valence-electron chi connectivity index (χ0n) is 13.1. The Hall–Kier alpha value is -1.39. The normalized spacial score (nSPS) is 13.9. The molecule has 1 aromatic carbocycles. The molecule has 3 nitrogen and oxygen atoms in total. The lowest BCUT2D eigenvalue weighted by atomic mass is 10.0. The highest BCUT2D eigenvalue weighted by Gasteiger charge is 2.20. The van der Waals surface area contributed by atoms with Gasteiger partial charge in [0.25, 0.3) is 0 Å². The molecule has 0 saturated carbocycles. The van der Waals surface area contributed by atoms with Crippen molar-refractivity contribution in [3.05, 3.63) is 53.3 Å². The van der Waals surface area contributed by atoms with E-state index in [0.29, 0.717) is 11.3 Å². The molecule has 4 heteroatoms. The monoisotopic (exact) mass is 301 g/mol. The van der Waals surface area contributed by atoms with E-state index in [9.17, 15) is 0 Å². The molecule has 1 N–H and O–H groups in total. The number of hydrogen-bond acceptors (Lipinski definition) is 4. The lowest BCUT2D eigenvalue weighted by Gasteiger charge is -2.24. The van der Waals surface area contributed by atoms with Gasteiger partial charge >= 0.3 is 0 Å². The Morgan fingerprint density at radius 2 is 1.86 bits per heavy atom. The molecule has 0 aliphatic carbocycles. The van der Waals surface area contributed by atoms with Gasteiger partial charge in [-0.25, -0.2) is 9.97 Å². The van der Waals surface area contributed by atoms with Crippen molar-refractivity contribution >= 4 is 11.8 Å². The van der Waals surface area contributed by atoms with Gasteiger partial charge in [-0.15, -0.1) is 0 Å². The average molecular weight is 301 g/mol. The first-order chi connectivity index (χ1) is 10.1. The van der Waals surface area contributed by atoms with Crippen LogP contribution in [-0.2, 0) is 0 Å². The summed E-state index contributed by atoms with van der Waals surface area (Å²) in [5.41, 5.74) is 3.61. The van der Waals surface area contributed by atoms with Crippen LogP contribution in [0.5, 0.6) is 0 Å². The summed E-state index contributed by atoms with van der Waals surface area (Å²) in [6.07, 6.45) is 1.82. The van der Waals surface area contributed by atoms with Gasteiger partial charge in [-0.2, -0.15) is 0 Å². The standard InChI is InChI=1S/C17H23N3S/c1-5-18-16(15-8-6-12(2)7-9-15)14(4)21-17-19-11-10-13(3)20-17/h6-11,14,16,18H,5H2,1-4H3. The van der Waals surface area contributed by atoms with E-state index in [4.69, 9.17) is 0 Å². The summed E-state index contributed by atoms with van der Waals surface area (Å²) in [4.78, 5) is 8.84. The maximum Gasteiger partial charge on any atom is 0.188 e. The van der Waals surface area contributed by atoms with E-state index in [1.54, 1.807) is 11.8 Å². The predicted octanol–water partition coefficient (Wildman–Crippen LogP) is 3.92. The van der Waals surface area contributed by atoms with Gasteiger partial charge in [-0.1, -0.05) is 55.4 Å². The van der Waals surface area contributed by atoms with Gasteiger partial charge in [-0.05, 0) is 32.0 Å². The fourth-order valence-corrected chi connectivity index (χ4v) is 3.31. The van der Waals surface area contributed by atoms with Crippen LogP contribution < -0.4 is 5.32 Å². The highest BCUT2D eigenvalue weighted by Crippen LogP contribution is 2.30. The molecule has 0 spiro atoms. The number of thioether (sulfide) groups is 1. The Labute approximate surface area is 131 Å². The summed E-state index contributed by atoms with van der Waals surface area (Å²) >= 11 is 1.72. The summed E-state index contributed by atoms with van der Waals surface area (Å²) in [7, 11) is 0. The Balaban J connectivity index is 2.15. The quantitative estimate of drug-likeness (QED) is 0.648. The van der Waals surface area contributed by atoms with E-state index in [1.165, 1.54) is 11.1 Å². The molecule has 0 aliphatic rings. The van der Waals surface area contributed by atoms with Crippen LogP contribution in [0.2, 0.25) is 0 Å². The second-order valence-corrected chi connectivity index (χ2v) is 6.59. The average Bonchev–Trinajstić information content (AvgIpc) is 2.46. The van der Waals surface area contributed by atoms with Crippen molar-refractivity contribution in [1.29, 1.82) is 0 Å². The molecule has 2 atom stereocenters. The zero-order chi connectivity index (χ0) is 15.2. The molecule has 0 fully saturated rings. The lowest BCUT2D eigenvalue weighted by Crippen LogP contribution is -2.28. The highest BCUT2D eigenvalue weighted by molar-refractivity contribution is 7.99. The number of hydrogen-bond donors (Lipinski definition) is 1. The first-order valence-corrected chi connectivity index (χ1v) is 8.24. The van der Waals surface area contributed by atoms with E-state index in [0.717, 1.165) is 17.4 Å². The Morgan fingerprint density at radius 3 is 2.48 bits per heavy atom. The van der Waals surface area contributed by atoms with E-state index < -0.39 is 0 Å². The SMILES string of the molecule is CCNC(c1ccc(C)cc1)C(C)Sc1nccc(C)n1. The molecule has 1 aromatic heterocycles. The van der Waals surface area contributed by atoms with Crippen molar-refractivity contribution in [2.75, 3.05) is 6.54 Å². The molecule has 2 rings (SSSR count). The molecule has 21 heavy (non-hydrogen) atoms. The van der Waals surface area contributed by atoms with Gasteiger partial charge in [0.2, 0.25) is 0 Å². The van der Waals surface area contributed by atoms with E-state index in [-0.39, 0.29) is 0 Å². The van der Waals surface area contributed by atoms with Crippen molar-refractivity contribution in [3.8, 4) is 0 Å². The number of nitrogens with zero attached hydrogens (tertiary/aromatic N) is 2. The third-order valence-electron chi connectivity index (χ3n) is 3.39. The van der Waals surface area contributed by atoms with E-state index in [1.807, 2.05) is 19.2 Å². The van der Waals surface area contributed by atoms with Crippen LogP contribution in [0.3, 0.4) is 0 Å². The van der Waals surface area contributed by atoms with Gasteiger partial charge in [0.15, 0.2) is 5.16 Å². The molecule has 1 heterocycles. The molecule has 0 bridgehead atoms. The fraction of sp³-hybridized carbons (Fsp3) is 0.412. The number of aromatic nitrogens is 2. The topological polar surface area (TPSA) is 37.8 Å². The molecule has 0 amide bonds. The number of benzene rings is 1. The molecular formula is C17H23N3S. The van der Waals surface area contributed by atoms with E-state index in [2.05, 4.69) is 60.3 Å².